The Balaban J connectivity index is 1.71. The van der Waals surface area contributed by atoms with Gasteiger partial charge < -0.3 is 10.1 Å². The number of carbonyl (C=O) groups excluding carboxylic acids is 1. The number of nitrogens with one attached hydrogen (secondary N) is 1. The van der Waals surface area contributed by atoms with E-state index in [4.69, 9.17) is 27.9 Å². The average Bonchev–Trinajstić information content (AvgIpc) is 2.60. The van der Waals surface area contributed by atoms with E-state index in [0.29, 0.717) is 12.3 Å². The van der Waals surface area contributed by atoms with Crippen LogP contribution < -0.4 is 10.1 Å². The average molecular weight is 412 g/mol. The molecule has 0 spiro atoms. The molecule has 0 aliphatic carbocycles. The molecule has 3 nitrogen and oxygen atoms in total. The van der Waals surface area contributed by atoms with Gasteiger partial charge in [0, 0.05) is 28.1 Å². The molecule has 1 N–H and O–H groups in total. The summed E-state index contributed by atoms with van der Waals surface area (Å²) >= 11 is 13.8. The summed E-state index contributed by atoms with van der Waals surface area (Å²) in [4.78, 5) is 12.2. The first-order valence-corrected chi connectivity index (χ1v) is 10.3. The number of thioether (sulfide) groups is 1. The second kappa shape index (κ2) is 10.1. The quantitative estimate of drug-likeness (QED) is 0.588. The van der Waals surface area contributed by atoms with Crippen LogP contribution in [0.15, 0.2) is 36.4 Å². The fraction of sp³-hybridized carbons (Fsp3) is 0.350. The zero-order valence-electron chi connectivity index (χ0n) is 15.1. The zero-order valence-corrected chi connectivity index (χ0v) is 17.5. The molecule has 0 saturated carbocycles. The van der Waals surface area contributed by atoms with Crippen molar-refractivity contribution in [1.29, 1.82) is 0 Å². The number of amides is 1. The van der Waals surface area contributed by atoms with Gasteiger partial charge in [-0.2, -0.15) is 11.8 Å². The number of rotatable bonds is 8. The molecule has 26 heavy (non-hydrogen) atoms. The van der Waals surface area contributed by atoms with Crippen LogP contribution in [0.25, 0.3) is 0 Å². The molecule has 0 radical (unpaired) electrons. The third-order valence-corrected chi connectivity index (χ3v) is 5.70. The maximum absolute atomic E-state index is 12.2. The number of ether oxygens (including phenoxy) is 1. The van der Waals surface area contributed by atoms with Crippen molar-refractivity contribution in [3.8, 4) is 5.75 Å². The predicted octanol–water partition coefficient (Wildman–Crippen LogP) is 5.43. The molecule has 2 aromatic rings. The Hall–Kier alpha value is -1.36. The molecule has 0 aromatic heterocycles. The summed E-state index contributed by atoms with van der Waals surface area (Å²) in [6, 6.07) is 11.5. The number of hydrogen-bond donors (Lipinski definition) is 1. The summed E-state index contributed by atoms with van der Waals surface area (Å²) in [6.45, 7) is 6.19. The molecule has 1 amide bonds. The van der Waals surface area contributed by atoms with Crippen LogP contribution in [0.2, 0.25) is 10.0 Å². The molecular formula is C20H23Cl2NO2S. The molecule has 2 aromatic carbocycles. The highest BCUT2D eigenvalue weighted by Gasteiger charge is 2.15. The van der Waals surface area contributed by atoms with Crippen LogP contribution in [0.1, 0.15) is 23.6 Å². The highest BCUT2D eigenvalue weighted by molar-refractivity contribution is 7.98. The van der Waals surface area contributed by atoms with Gasteiger partial charge in [-0.3, -0.25) is 4.79 Å². The molecule has 1 atom stereocenters. The van der Waals surface area contributed by atoms with Gasteiger partial charge in [-0.15, -0.1) is 0 Å². The van der Waals surface area contributed by atoms with Crippen molar-refractivity contribution in [1.82, 2.24) is 5.32 Å². The molecule has 0 bridgehead atoms. The Morgan fingerprint density at radius 1 is 1.15 bits per heavy atom. The Morgan fingerprint density at radius 3 is 2.38 bits per heavy atom. The maximum Gasteiger partial charge on any atom is 0.260 e. The lowest BCUT2D eigenvalue weighted by molar-refractivity contribution is -0.127. The van der Waals surface area contributed by atoms with E-state index in [2.05, 4.69) is 5.32 Å². The van der Waals surface area contributed by atoms with Crippen molar-refractivity contribution in [2.45, 2.75) is 32.6 Å². The number of carbonyl (C=O) groups is 1. The van der Waals surface area contributed by atoms with E-state index < -0.39 is 6.10 Å². The van der Waals surface area contributed by atoms with Gasteiger partial charge in [-0.1, -0.05) is 35.3 Å². The van der Waals surface area contributed by atoms with E-state index in [-0.39, 0.29) is 5.91 Å². The van der Waals surface area contributed by atoms with Crippen LogP contribution in [-0.2, 0) is 10.5 Å². The highest BCUT2D eigenvalue weighted by Crippen LogP contribution is 2.26. The van der Waals surface area contributed by atoms with Crippen molar-refractivity contribution < 1.29 is 9.53 Å². The molecule has 0 heterocycles. The van der Waals surface area contributed by atoms with Gasteiger partial charge in [0.25, 0.3) is 5.91 Å². The minimum Gasteiger partial charge on any atom is -0.481 e. The van der Waals surface area contributed by atoms with Crippen LogP contribution in [-0.4, -0.2) is 24.3 Å². The minimum atomic E-state index is -0.559. The van der Waals surface area contributed by atoms with Crippen LogP contribution in [0.3, 0.4) is 0 Å². The normalized spacial score (nSPS) is 11.9. The molecule has 0 unspecified atom stereocenters. The zero-order chi connectivity index (χ0) is 19.1. The van der Waals surface area contributed by atoms with Crippen LogP contribution in [0.4, 0.5) is 0 Å². The first-order chi connectivity index (χ1) is 12.4. The molecular weight excluding hydrogens is 389 g/mol. The van der Waals surface area contributed by atoms with E-state index in [9.17, 15) is 4.79 Å². The number of aryl methyl sites for hydroxylation is 2. The molecule has 6 heteroatoms. The van der Waals surface area contributed by atoms with E-state index in [1.165, 1.54) is 5.56 Å². The fourth-order valence-corrected chi connectivity index (χ4v) is 3.45. The van der Waals surface area contributed by atoms with Crippen molar-refractivity contribution >= 4 is 40.9 Å². The summed E-state index contributed by atoms with van der Waals surface area (Å²) < 4.78 is 5.74. The molecule has 0 aliphatic rings. The molecule has 2 rings (SSSR count). The lowest BCUT2D eigenvalue weighted by atomic mass is 10.1. The summed E-state index contributed by atoms with van der Waals surface area (Å²) in [5.41, 5.74) is 3.09. The summed E-state index contributed by atoms with van der Waals surface area (Å²) in [7, 11) is 0. The van der Waals surface area contributed by atoms with Gasteiger partial charge in [0.15, 0.2) is 6.10 Å². The third kappa shape index (κ3) is 6.42. The second-order valence-corrected chi connectivity index (χ2v) is 8.02. The van der Waals surface area contributed by atoms with Crippen molar-refractivity contribution in [2.24, 2.45) is 0 Å². The Labute approximate surface area is 169 Å². The van der Waals surface area contributed by atoms with Gasteiger partial charge in [-0.25, -0.2) is 0 Å². The monoisotopic (exact) mass is 411 g/mol. The van der Waals surface area contributed by atoms with E-state index in [1.807, 2.05) is 50.2 Å². The lowest BCUT2D eigenvalue weighted by Gasteiger charge is -2.16. The van der Waals surface area contributed by atoms with Crippen molar-refractivity contribution in [3.63, 3.8) is 0 Å². The number of hydrogen-bond acceptors (Lipinski definition) is 3. The van der Waals surface area contributed by atoms with Gasteiger partial charge in [0.2, 0.25) is 0 Å². The van der Waals surface area contributed by atoms with E-state index >= 15 is 0 Å². The largest absolute Gasteiger partial charge is 0.481 e. The smallest absolute Gasteiger partial charge is 0.260 e. The maximum atomic E-state index is 12.2. The van der Waals surface area contributed by atoms with Crippen LogP contribution >= 0.6 is 35.0 Å². The van der Waals surface area contributed by atoms with Crippen LogP contribution in [0.5, 0.6) is 5.75 Å². The first kappa shape index (κ1) is 20.9. The highest BCUT2D eigenvalue weighted by atomic mass is 35.5. The summed E-state index contributed by atoms with van der Waals surface area (Å²) in [6.07, 6.45) is -0.559. The van der Waals surface area contributed by atoms with Gasteiger partial charge in [0.05, 0.1) is 0 Å². The fourth-order valence-electron chi connectivity index (χ4n) is 2.39. The molecule has 0 aliphatic heterocycles. The Morgan fingerprint density at radius 2 is 1.77 bits per heavy atom. The number of halogens is 2. The third-order valence-electron chi connectivity index (χ3n) is 3.82. The summed E-state index contributed by atoms with van der Waals surface area (Å²) in [5.74, 6) is 2.26. The second-order valence-electron chi connectivity index (χ2n) is 6.10. The van der Waals surface area contributed by atoms with E-state index in [1.54, 1.807) is 18.7 Å². The Kier molecular flexibility index (Phi) is 8.14. The number of benzene rings is 2. The van der Waals surface area contributed by atoms with Gasteiger partial charge in [-0.05, 0) is 61.7 Å². The first-order valence-electron chi connectivity index (χ1n) is 8.40. The minimum absolute atomic E-state index is 0.123. The standard InChI is InChI=1S/C20H23Cl2NO2S/c1-13-10-18(11-14(2)19(13)22)25-15(3)20(24)23-8-9-26-12-16-4-6-17(21)7-5-16/h4-7,10-11,15H,8-9,12H2,1-3H3,(H,23,24)/t15-/m0/s1. The van der Waals surface area contributed by atoms with E-state index in [0.717, 1.165) is 32.7 Å². The molecule has 0 saturated heterocycles. The molecule has 0 fully saturated rings. The predicted molar refractivity (Wildman–Crippen MR) is 112 cm³/mol. The van der Waals surface area contributed by atoms with Crippen LogP contribution in [0, 0.1) is 13.8 Å². The topological polar surface area (TPSA) is 38.3 Å². The van der Waals surface area contributed by atoms with Crippen molar-refractivity contribution in [2.75, 3.05) is 12.3 Å². The SMILES string of the molecule is Cc1cc(O[C@@H](C)C(=O)NCCSCc2ccc(Cl)cc2)cc(C)c1Cl. The van der Waals surface area contributed by atoms with Gasteiger partial charge >= 0.3 is 0 Å². The Bertz CT molecular complexity index is 727. The summed E-state index contributed by atoms with van der Waals surface area (Å²) in [5, 5.41) is 4.38. The molecule has 140 valence electrons. The lowest BCUT2D eigenvalue weighted by Crippen LogP contribution is -2.37. The van der Waals surface area contributed by atoms with Gasteiger partial charge in [0.1, 0.15) is 5.75 Å². The van der Waals surface area contributed by atoms with Crippen molar-refractivity contribution in [3.05, 3.63) is 63.1 Å².